The number of carbonyl (C=O) groups is 1. The van der Waals surface area contributed by atoms with E-state index in [9.17, 15) is 4.79 Å². The van der Waals surface area contributed by atoms with Gasteiger partial charge in [-0.15, -0.1) is 0 Å². The first-order valence-corrected chi connectivity index (χ1v) is 8.88. The smallest absolute Gasteiger partial charge is 0.225 e. The van der Waals surface area contributed by atoms with Crippen molar-refractivity contribution in [3.05, 3.63) is 53.6 Å². The number of amides is 1. The van der Waals surface area contributed by atoms with Crippen LogP contribution in [0.2, 0.25) is 0 Å². The van der Waals surface area contributed by atoms with Crippen LogP contribution in [-0.4, -0.2) is 33.4 Å². The summed E-state index contributed by atoms with van der Waals surface area (Å²) in [7, 11) is 0. The molecule has 1 saturated heterocycles. The zero-order valence-corrected chi connectivity index (χ0v) is 14.9. The van der Waals surface area contributed by atoms with Crippen LogP contribution in [0.3, 0.4) is 0 Å². The lowest BCUT2D eigenvalue weighted by atomic mass is 10.0. The molecule has 24 heavy (non-hydrogen) atoms. The van der Waals surface area contributed by atoms with E-state index >= 15 is 0 Å². The van der Waals surface area contributed by atoms with Gasteiger partial charge in [0.25, 0.3) is 0 Å². The maximum Gasteiger partial charge on any atom is 0.225 e. The summed E-state index contributed by atoms with van der Waals surface area (Å²) < 4.78 is 2.31. The van der Waals surface area contributed by atoms with Crippen LogP contribution in [0.15, 0.2) is 36.5 Å². The average Bonchev–Trinajstić information content (AvgIpc) is 3.17. The van der Waals surface area contributed by atoms with Crippen LogP contribution in [-0.2, 0) is 17.8 Å². The second-order valence-corrected chi connectivity index (χ2v) is 7.19. The standard InChI is InChI=1S/C20H27N3O/c1-15(2)20(24)22-10-9-18(13-22)11-19-21-12-16(3)23(19)14-17-7-5-4-6-8-17/h4-8,12,15,18H,9-11,13-14H2,1-3H3. The highest BCUT2D eigenvalue weighted by molar-refractivity contribution is 5.78. The molecule has 0 N–H and O–H groups in total. The van der Waals surface area contributed by atoms with Crippen molar-refractivity contribution < 1.29 is 4.79 Å². The predicted octanol–water partition coefficient (Wildman–Crippen LogP) is 3.29. The van der Waals surface area contributed by atoms with Crippen LogP contribution in [0.25, 0.3) is 0 Å². The normalized spacial score (nSPS) is 17.7. The van der Waals surface area contributed by atoms with Gasteiger partial charge in [-0.1, -0.05) is 44.2 Å². The third-order valence-corrected chi connectivity index (χ3v) is 4.88. The molecule has 4 heteroatoms. The molecule has 0 spiro atoms. The average molecular weight is 325 g/mol. The van der Waals surface area contributed by atoms with Crippen molar-refractivity contribution in [1.82, 2.24) is 14.5 Å². The first-order chi connectivity index (χ1) is 11.5. The molecular weight excluding hydrogens is 298 g/mol. The first kappa shape index (κ1) is 16.7. The molecule has 4 nitrogen and oxygen atoms in total. The topological polar surface area (TPSA) is 38.1 Å². The van der Waals surface area contributed by atoms with E-state index in [1.807, 2.05) is 31.0 Å². The van der Waals surface area contributed by atoms with Crippen LogP contribution in [0, 0.1) is 18.8 Å². The number of hydrogen-bond acceptors (Lipinski definition) is 2. The minimum absolute atomic E-state index is 0.0889. The van der Waals surface area contributed by atoms with Gasteiger partial charge >= 0.3 is 0 Å². The minimum Gasteiger partial charge on any atom is -0.342 e. The molecule has 1 aliphatic heterocycles. The molecule has 1 aromatic carbocycles. The Balaban J connectivity index is 1.67. The van der Waals surface area contributed by atoms with E-state index < -0.39 is 0 Å². The van der Waals surface area contributed by atoms with E-state index in [0.29, 0.717) is 5.92 Å². The van der Waals surface area contributed by atoms with Crippen molar-refractivity contribution in [3.8, 4) is 0 Å². The molecule has 0 aliphatic carbocycles. The molecule has 1 aromatic heterocycles. The molecule has 3 rings (SSSR count). The Bertz CT molecular complexity index is 690. The number of rotatable bonds is 5. The molecular formula is C20H27N3O. The van der Waals surface area contributed by atoms with Crippen LogP contribution >= 0.6 is 0 Å². The fourth-order valence-corrected chi connectivity index (χ4v) is 3.48. The van der Waals surface area contributed by atoms with E-state index in [4.69, 9.17) is 0 Å². The molecule has 2 heterocycles. The third-order valence-electron chi connectivity index (χ3n) is 4.88. The predicted molar refractivity (Wildman–Crippen MR) is 95.7 cm³/mol. The zero-order valence-electron chi connectivity index (χ0n) is 14.9. The van der Waals surface area contributed by atoms with Crippen molar-refractivity contribution in [1.29, 1.82) is 0 Å². The summed E-state index contributed by atoms with van der Waals surface area (Å²) in [4.78, 5) is 18.8. The van der Waals surface area contributed by atoms with Crippen LogP contribution in [0.4, 0.5) is 0 Å². The molecule has 2 aromatic rings. The van der Waals surface area contributed by atoms with Gasteiger partial charge < -0.3 is 9.47 Å². The van der Waals surface area contributed by atoms with Crippen LogP contribution in [0.1, 0.15) is 37.4 Å². The highest BCUT2D eigenvalue weighted by atomic mass is 16.2. The van der Waals surface area contributed by atoms with E-state index in [-0.39, 0.29) is 11.8 Å². The minimum atomic E-state index is 0.0889. The highest BCUT2D eigenvalue weighted by Gasteiger charge is 2.28. The Morgan fingerprint density at radius 1 is 1.29 bits per heavy atom. The van der Waals surface area contributed by atoms with Crippen molar-refractivity contribution in [2.24, 2.45) is 11.8 Å². The number of benzene rings is 1. The fourth-order valence-electron chi connectivity index (χ4n) is 3.48. The summed E-state index contributed by atoms with van der Waals surface area (Å²) in [5.74, 6) is 2.02. The zero-order chi connectivity index (χ0) is 17.1. The molecule has 1 unspecified atom stereocenters. The van der Waals surface area contributed by atoms with Gasteiger partial charge in [0.1, 0.15) is 5.82 Å². The lowest BCUT2D eigenvalue weighted by molar-refractivity contribution is -0.133. The Labute approximate surface area is 144 Å². The molecule has 1 amide bonds. The van der Waals surface area contributed by atoms with E-state index in [0.717, 1.165) is 38.3 Å². The second kappa shape index (κ2) is 7.20. The summed E-state index contributed by atoms with van der Waals surface area (Å²) >= 11 is 0. The molecule has 128 valence electrons. The monoisotopic (exact) mass is 325 g/mol. The first-order valence-electron chi connectivity index (χ1n) is 8.88. The van der Waals surface area contributed by atoms with Crippen molar-refractivity contribution >= 4 is 5.91 Å². The second-order valence-electron chi connectivity index (χ2n) is 7.19. The lowest BCUT2D eigenvalue weighted by Crippen LogP contribution is -2.32. The largest absolute Gasteiger partial charge is 0.342 e. The SMILES string of the molecule is Cc1cnc(CC2CCN(C(=O)C(C)C)C2)n1Cc1ccccc1. The van der Waals surface area contributed by atoms with Gasteiger partial charge in [-0.2, -0.15) is 0 Å². The Hall–Kier alpha value is -2.10. The van der Waals surface area contributed by atoms with Gasteiger partial charge in [-0.25, -0.2) is 4.98 Å². The third kappa shape index (κ3) is 3.69. The van der Waals surface area contributed by atoms with E-state index in [1.54, 1.807) is 0 Å². The van der Waals surface area contributed by atoms with E-state index in [2.05, 4.69) is 40.7 Å². The lowest BCUT2D eigenvalue weighted by Gasteiger charge is -2.19. The Morgan fingerprint density at radius 3 is 2.75 bits per heavy atom. The number of carbonyl (C=O) groups excluding carboxylic acids is 1. The molecule has 0 bridgehead atoms. The van der Waals surface area contributed by atoms with Crippen LogP contribution in [0.5, 0.6) is 0 Å². The van der Waals surface area contributed by atoms with Crippen LogP contribution < -0.4 is 0 Å². The number of aromatic nitrogens is 2. The Morgan fingerprint density at radius 2 is 2.04 bits per heavy atom. The molecule has 1 fully saturated rings. The Kier molecular flexibility index (Phi) is 5.03. The summed E-state index contributed by atoms with van der Waals surface area (Å²) in [6.45, 7) is 8.69. The van der Waals surface area contributed by atoms with Crippen molar-refractivity contribution in [3.63, 3.8) is 0 Å². The quantitative estimate of drug-likeness (QED) is 0.846. The van der Waals surface area contributed by atoms with Gasteiger partial charge in [-0.3, -0.25) is 4.79 Å². The molecule has 1 aliphatic rings. The van der Waals surface area contributed by atoms with E-state index in [1.165, 1.54) is 11.3 Å². The van der Waals surface area contributed by atoms with Crippen molar-refractivity contribution in [2.45, 2.75) is 40.2 Å². The maximum absolute atomic E-state index is 12.2. The summed E-state index contributed by atoms with van der Waals surface area (Å²) in [6.07, 6.45) is 3.99. The van der Waals surface area contributed by atoms with Gasteiger partial charge in [-0.05, 0) is 24.8 Å². The number of imidazole rings is 1. The van der Waals surface area contributed by atoms with Gasteiger partial charge in [0, 0.05) is 43.9 Å². The van der Waals surface area contributed by atoms with Gasteiger partial charge in [0.05, 0.1) is 0 Å². The highest BCUT2D eigenvalue weighted by Crippen LogP contribution is 2.23. The molecule has 1 atom stereocenters. The number of hydrogen-bond donors (Lipinski definition) is 0. The fraction of sp³-hybridized carbons (Fsp3) is 0.500. The van der Waals surface area contributed by atoms with Gasteiger partial charge in [0.15, 0.2) is 0 Å². The molecule has 0 saturated carbocycles. The number of nitrogens with zero attached hydrogens (tertiary/aromatic N) is 3. The molecule has 0 radical (unpaired) electrons. The summed E-state index contributed by atoms with van der Waals surface area (Å²) in [5.41, 5.74) is 2.49. The number of likely N-dealkylation sites (tertiary alicyclic amines) is 1. The summed E-state index contributed by atoms with van der Waals surface area (Å²) in [6, 6.07) is 10.5. The maximum atomic E-state index is 12.2. The number of aryl methyl sites for hydroxylation is 1. The van der Waals surface area contributed by atoms with Crippen molar-refractivity contribution in [2.75, 3.05) is 13.1 Å². The summed E-state index contributed by atoms with van der Waals surface area (Å²) in [5, 5.41) is 0. The van der Waals surface area contributed by atoms with Gasteiger partial charge in [0.2, 0.25) is 5.91 Å².